The van der Waals surface area contributed by atoms with Gasteiger partial charge in [0.1, 0.15) is 11.6 Å². The molecule has 0 bridgehead atoms. The van der Waals surface area contributed by atoms with E-state index >= 15 is 0 Å². The summed E-state index contributed by atoms with van der Waals surface area (Å²) in [5, 5.41) is 8.29. The van der Waals surface area contributed by atoms with Crippen molar-refractivity contribution in [2.75, 3.05) is 7.05 Å². The number of pyridine rings is 1. The third-order valence-electron chi connectivity index (χ3n) is 3.86. The lowest BCUT2D eigenvalue weighted by molar-refractivity contribution is 0.581. The van der Waals surface area contributed by atoms with Gasteiger partial charge in [-0.2, -0.15) is 0 Å². The number of hydrogen-bond donors (Lipinski definition) is 2. The second-order valence-electron chi connectivity index (χ2n) is 5.49. The van der Waals surface area contributed by atoms with Gasteiger partial charge in [0.05, 0.1) is 12.2 Å². The van der Waals surface area contributed by atoms with Crippen LogP contribution in [-0.4, -0.2) is 18.0 Å². The molecule has 0 spiro atoms. The first-order valence-electron chi connectivity index (χ1n) is 7.88. The summed E-state index contributed by atoms with van der Waals surface area (Å²) in [6.07, 6.45) is 1.76. The van der Waals surface area contributed by atoms with Gasteiger partial charge >= 0.3 is 0 Å². The van der Waals surface area contributed by atoms with Gasteiger partial charge in [-0.3, -0.25) is 9.98 Å². The van der Waals surface area contributed by atoms with Crippen LogP contribution < -0.4 is 10.6 Å². The molecule has 0 unspecified atom stereocenters. The Labute approximate surface area is 144 Å². The van der Waals surface area contributed by atoms with Crippen LogP contribution in [0.5, 0.6) is 0 Å². The second-order valence-corrected chi connectivity index (χ2v) is 5.49. The molecule has 1 aromatic heterocycles. The summed E-state index contributed by atoms with van der Waals surface area (Å²) >= 11 is 0. The number of halogens is 2. The van der Waals surface area contributed by atoms with Gasteiger partial charge in [-0.25, -0.2) is 8.78 Å². The van der Waals surface area contributed by atoms with Crippen molar-refractivity contribution in [1.29, 1.82) is 0 Å². The molecule has 2 N–H and O–H groups in total. The predicted molar refractivity (Wildman–Crippen MR) is 95.1 cm³/mol. The fourth-order valence-electron chi connectivity index (χ4n) is 2.57. The predicted octanol–water partition coefficient (Wildman–Crippen LogP) is 3.38. The first kappa shape index (κ1) is 16.8. The molecule has 0 aliphatic heterocycles. The van der Waals surface area contributed by atoms with Crippen molar-refractivity contribution >= 4 is 16.7 Å². The van der Waals surface area contributed by atoms with E-state index in [0.717, 1.165) is 28.6 Å². The Morgan fingerprint density at radius 3 is 2.68 bits per heavy atom. The molecule has 3 rings (SSSR count). The third-order valence-corrected chi connectivity index (χ3v) is 3.86. The van der Waals surface area contributed by atoms with Crippen LogP contribution in [0.2, 0.25) is 0 Å². The number of aliphatic imine (C=N–C) groups is 1. The van der Waals surface area contributed by atoms with Gasteiger partial charge in [0.15, 0.2) is 5.96 Å². The molecule has 0 aliphatic rings. The molecule has 0 amide bonds. The highest BCUT2D eigenvalue weighted by molar-refractivity contribution is 5.85. The van der Waals surface area contributed by atoms with Crippen molar-refractivity contribution in [3.63, 3.8) is 0 Å². The van der Waals surface area contributed by atoms with E-state index < -0.39 is 11.6 Å². The first-order valence-corrected chi connectivity index (χ1v) is 7.88. The van der Waals surface area contributed by atoms with Crippen molar-refractivity contribution in [2.45, 2.75) is 13.1 Å². The molecule has 0 fully saturated rings. The van der Waals surface area contributed by atoms with E-state index in [2.05, 4.69) is 20.6 Å². The molecule has 2 aromatic carbocycles. The van der Waals surface area contributed by atoms with Crippen molar-refractivity contribution in [1.82, 2.24) is 15.6 Å². The van der Waals surface area contributed by atoms with Crippen LogP contribution in [-0.2, 0) is 13.1 Å². The summed E-state index contributed by atoms with van der Waals surface area (Å²) in [5.74, 6) is -0.445. The lowest BCUT2D eigenvalue weighted by Gasteiger charge is -2.13. The molecule has 1 heterocycles. The van der Waals surface area contributed by atoms with Crippen LogP contribution in [0.15, 0.2) is 59.7 Å². The maximum absolute atomic E-state index is 13.7. The molecule has 4 nitrogen and oxygen atoms in total. The number of aromatic nitrogens is 1. The Hall–Kier alpha value is -3.02. The SMILES string of the molecule is CN=C(NCc1cc(F)ccc1F)NCc1nccc2ccccc12. The average Bonchev–Trinajstić information content (AvgIpc) is 2.64. The van der Waals surface area contributed by atoms with Crippen LogP contribution in [0.3, 0.4) is 0 Å². The summed E-state index contributed by atoms with van der Waals surface area (Å²) < 4.78 is 26.9. The minimum atomic E-state index is -0.471. The van der Waals surface area contributed by atoms with Crippen molar-refractivity contribution in [3.05, 3.63) is 77.6 Å². The number of fused-ring (bicyclic) bond motifs is 1. The molecule has 0 atom stereocenters. The van der Waals surface area contributed by atoms with Gasteiger partial charge in [-0.05, 0) is 29.7 Å². The minimum Gasteiger partial charge on any atom is -0.352 e. The fraction of sp³-hybridized carbons (Fsp3) is 0.158. The Bertz CT molecular complexity index is 904. The van der Waals surface area contributed by atoms with E-state index in [1.807, 2.05) is 30.3 Å². The largest absolute Gasteiger partial charge is 0.352 e. The third kappa shape index (κ3) is 4.09. The number of nitrogens with one attached hydrogen (secondary N) is 2. The topological polar surface area (TPSA) is 49.3 Å². The summed E-state index contributed by atoms with van der Waals surface area (Å²) in [5.41, 5.74) is 1.13. The van der Waals surface area contributed by atoms with Gasteiger partial charge in [0, 0.05) is 30.7 Å². The monoisotopic (exact) mass is 340 g/mol. The minimum absolute atomic E-state index is 0.131. The van der Waals surface area contributed by atoms with Gasteiger partial charge < -0.3 is 10.6 Å². The number of rotatable bonds is 4. The Morgan fingerprint density at radius 1 is 1.04 bits per heavy atom. The summed E-state index contributed by atoms with van der Waals surface area (Å²) in [7, 11) is 1.62. The highest BCUT2D eigenvalue weighted by Crippen LogP contribution is 2.16. The zero-order valence-corrected chi connectivity index (χ0v) is 13.8. The van der Waals surface area contributed by atoms with Gasteiger partial charge in [0.25, 0.3) is 0 Å². The number of nitrogens with zero attached hydrogens (tertiary/aromatic N) is 2. The molecule has 0 saturated heterocycles. The van der Waals surface area contributed by atoms with E-state index in [-0.39, 0.29) is 12.1 Å². The van der Waals surface area contributed by atoms with E-state index in [9.17, 15) is 8.78 Å². The van der Waals surface area contributed by atoms with Crippen LogP contribution >= 0.6 is 0 Å². The van der Waals surface area contributed by atoms with Gasteiger partial charge in [-0.15, -0.1) is 0 Å². The number of benzene rings is 2. The molecule has 0 radical (unpaired) electrons. The van der Waals surface area contributed by atoms with Crippen LogP contribution in [0.4, 0.5) is 8.78 Å². The van der Waals surface area contributed by atoms with Crippen LogP contribution in [0, 0.1) is 11.6 Å². The van der Waals surface area contributed by atoms with E-state index in [1.54, 1.807) is 13.2 Å². The van der Waals surface area contributed by atoms with Crippen molar-refractivity contribution < 1.29 is 8.78 Å². The average molecular weight is 340 g/mol. The molecule has 128 valence electrons. The number of guanidine groups is 1. The molecule has 6 heteroatoms. The molecular formula is C19H18F2N4. The zero-order chi connectivity index (χ0) is 17.6. The normalized spacial score (nSPS) is 11.6. The Morgan fingerprint density at radius 2 is 1.84 bits per heavy atom. The van der Waals surface area contributed by atoms with E-state index in [1.165, 1.54) is 6.07 Å². The smallest absolute Gasteiger partial charge is 0.191 e. The first-order chi connectivity index (χ1) is 12.2. The van der Waals surface area contributed by atoms with Gasteiger partial charge in [0.2, 0.25) is 0 Å². The molecule has 3 aromatic rings. The highest BCUT2D eigenvalue weighted by Gasteiger charge is 2.06. The maximum Gasteiger partial charge on any atom is 0.191 e. The molecule has 0 aliphatic carbocycles. The lowest BCUT2D eigenvalue weighted by atomic mass is 10.1. The zero-order valence-electron chi connectivity index (χ0n) is 13.8. The molecule has 0 saturated carbocycles. The standard InChI is InChI=1S/C19H18F2N4/c1-22-19(24-11-14-10-15(20)6-7-17(14)21)25-12-18-16-5-3-2-4-13(16)8-9-23-18/h2-10H,11-12H2,1H3,(H2,22,24,25). The van der Waals surface area contributed by atoms with Gasteiger partial charge in [-0.1, -0.05) is 24.3 Å². The summed E-state index contributed by atoms with van der Waals surface area (Å²) in [4.78, 5) is 8.50. The summed E-state index contributed by atoms with van der Waals surface area (Å²) in [6, 6.07) is 13.3. The Kier molecular flexibility index (Phi) is 5.18. The van der Waals surface area contributed by atoms with Crippen molar-refractivity contribution in [3.8, 4) is 0 Å². The Balaban J connectivity index is 1.65. The van der Waals surface area contributed by atoms with Crippen molar-refractivity contribution in [2.24, 2.45) is 4.99 Å². The highest BCUT2D eigenvalue weighted by atomic mass is 19.1. The fourth-order valence-corrected chi connectivity index (χ4v) is 2.57. The second kappa shape index (κ2) is 7.70. The number of hydrogen-bond acceptors (Lipinski definition) is 2. The van der Waals surface area contributed by atoms with E-state index in [0.29, 0.717) is 12.5 Å². The van der Waals surface area contributed by atoms with Crippen LogP contribution in [0.1, 0.15) is 11.3 Å². The quantitative estimate of drug-likeness (QED) is 0.565. The van der Waals surface area contributed by atoms with Crippen LogP contribution in [0.25, 0.3) is 10.8 Å². The molecular weight excluding hydrogens is 322 g/mol. The maximum atomic E-state index is 13.7. The van der Waals surface area contributed by atoms with E-state index in [4.69, 9.17) is 0 Å². The summed E-state index contributed by atoms with van der Waals surface area (Å²) in [6.45, 7) is 0.596. The lowest BCUT2D eigenvalue weighted by Crippen LogP contribution is -2.36. The molecule has 25 heavy (non-hydrogen) atoms.